The van der Waals surface area contributed by atoms with E-state index in [-0.39, 0.29) is 36.5 Å². The second-order valence-corrected chi connectivity index (χ2v) is 18.7. The van der Waals surface area contributed by atoms with Gasteiger partial charge in [0, 0.05) is 44.7 Å². The molecule has 0 aromatic rings. The zero-order valence-electron chi connectivity index (χ0n) is 45.2. The Kier molecular flexibility index (Phi) is 44.2. The van der Waals surface area contributed by atoms with Gasteiger partial charge >= 0.3 is 12.0 Å². The molecule has 0 aromatic heterocycles. The minimum absolute atomic E-state index is 0.177. The normalized spacial score (nSPS) is 29.5. The van der Waals surface area contributed by atoms with E-state index in [1.165, 1.54) is 8.20 Å². The first-order chi connectivity index (χ1) is 30.7. The van der Waals surface area contributed by atoms with Crippen molar-refractivity contribution in [2.45, 2.75) is 225 Å². The maximum Gasteiger partial charge on any atom is 0.317 e. The van der Waals surface area contributed by atoms with Crippen LogP contribution in [0.25, 0.3) is 0 Å². The fourth-order valence-electron chi connectivity index (χ4n) is 8.20. The molecule has 12 atom stereocenters. The van der Waals surface area contributed by atoms with Gasteiger partial charge in [0.25, 0.3) is 0 Å². The molecular weight excluding hydrogens is 836 g/mol. The molecule has 4 N–H and O–H groups in total. The van der Waals surface area contributed by atoms with Gasteiger partial charge in [0.15, 0.2) is 6.29 Å². The van der Waals surface area contributed by atoms with Crippen LogP contribution in [0.1, 0.15) is 183 Å². The molecule has 0 radical (unpaired) electrons. The van der Waals surface area contributed by atoms with Crippen LogP contribution in [0.15, 0.2) is 36.2 Å². The smallest absolute Gasteiger partial charge is 0.317 e. The number of hydrogen-bond donors (Lipinski definition) is 4. The van der Waals surface area contributed by atoms with Gasteiger partial charge in [-0.3, -0.25) is 9.69 Å². The van der Waals surface area contributed by atoms with Crippen LogP contribution in [-0.4, -0.2) is 111 Å². The number of ether oxygens (including phenoxy) is 2. The third kappa shape index (κ3) is 31.2. The van der Waals surface area contributed by atoms with Crippen LogP contribution in [-0.2, 0) is 14.3 Å². The summed E-state index contributed by atoms with van der Waals surface area (Å²) in [6.07, 6.45) is 9.14. The maximum atomic E-state index is 13.2. The van der Waals surface area contributed by atoms with Gasteiger partial charge in [-0.1, -0.05) is 127 Å². The second-order valence-electron chi connectivity index (χ2n) is 17.6. The lowest BCUT2D eigenvalue weighted by atomic mass is 9.85. The Labute approximate surface area is 402 Å². The molecule has 0 bridgehead atoms. The number of aliphatic hydroxyl groups is 3. The fraction of sp³-hybridized carbons (Fsp3) is 0.811. The quantitative estimate of drug-likeness (QED) is 0.0900. The molecule has 0 aliphatic carbocycles. The highest BCUT2D eigenvalue weighted by Gasteiger charge is 2.45. The summed E-state index contributed by atoms with van der Waals surface area (Å²) in [6.45, 7) is 43.7. The van der Waals surface area contributed by atoms with E-state index >= 15 is 0 Å². The lowest BCUT2D eigenvalue weighted by Crippen LogP contribution is -2.59. The van der Waals surface area contributed by atoms with Crippen molar-refractivity contribution in [2.24, 2.45) is 29.6 Å². The van der Waals surface area contributed by atoms with Crippen LogP contribution in [0.4, 0.5) is 4.79 Å². The molecule has 65 heavy (non-hydrogen) atoms. The lowest BCUT2D eigenvalue weighted by molar-refractivity contribution is -0.190. The van der Waals surface area contributed by atoms with Crippen molar-refractivity contribution in [3.8, 4) is 6.07 Å². The van der Waals surface area contributed by atoms with E-state index in [1.807, 2.05) is 109 Å². The molecule has 2 fully saturated rings. The van der Waals surface area contributed by atoms with Crippen molar-refractivity contribution in [3.05, 3.63) is 36.2 Å². The minimum atomic E-state index is -1.66. The van der Waals surface area contributed by atoms with Gasteiger partial charge in [-0.05, 0) is 116 Å². The number of hydrogen-bond acceptors (Lipinski definition) is 9. The molecule has 0 spiro atoms. The Bertz CT molecular complexity index is 1300. The van der Waals surface area contributed by atoms with Crippen molar-refractivity contribution in [2.75, 3.05) is 26.2 Å². The monoisotopic (exact) mass is 939 g/mol. The number of carbonyl (C=O) groups is 2. The Morgan fingerprint density at radius 1 is 0.969 bits per heavy atom. The maximum absolute atomic E-state index is 13.2. The molecule has 2 rings (SSSR count). The Balaban J connectivity index is -0.000000728. The molecule has 0 aromatic carbocycles. The zero-order valence-corrected chi connectivity index (χ0v) is 46.1. The van der Waals surface area contributed by atoms with E-state index in [1.54, 1.807) is 17.9 Å². The summed E-state index contributed by atoms with van der Waals surface area (Å²) in [5, 5.41) is 44.4. The number of nitrogens with zero attached hydrogens (tertiary/aromatic N) is 3. The first kappa shape index (κ1) is 69.0. The van der Waals surface area contributed by atoms with Crippen molar-refractivity contribution in [1.29, 1.82) is 5.26 Å². The molecule has 2 aliphatic rings. The fourth-order valence-corrected chi connectivity index (χ4v) is 8.54. The molecule has 2 heterocycles. The number of cyclic esters (lactones) is 1. The Morgan fingerprint density at radius 2 is 1.52 bits per heavy atom. The van der Waals surface area contributed by atoms with Gasteiger partial charge in [0.2, 0.25) is 0 Å². The first-order valence-corrected chi connectivity index (χ1v) is 26.2. The van der Waals surface area contributed by atoms with E-state index in [0.717, 1.165) is 37.7 Å². The molecular formula is C53H103N4O7P. The van der Waals surface area contributed by atoms with Crippen molar-refractivity contribution < 1.29 is 34.4 Å². The number of esters is 1. The van der Waals surface area contributed by atoms with Gasteiger partial charge in [-0.2, -0.15) is 5.26 Å². The summed E-state index contributed by atoms with van der Waals surface area (Å²) in [7, 11) is 1.31. The van der Waals surface area contributed by atoms with Gasteiger partial charge in [0.05, 0.1) is 24.5 Å². The first-order valence-electron chi connectivity index (χ1n) is 25.2. The SMILES string of the molecule is C=C/C=C(/C)C(C)NC(=O)N(CCC#N)CCCN1C[C@H](C)C[C@H](C)C[C@@H](C)CC(C)C(=O)O[C@H](CC)[C@@](C)(O)C(O)C1C.CC.CC.CC.CC1CC(C)OC(O)C1.CC=P/C=C\C. The van der Waals surface area contributed by atoms with Crippen LogP contribution in [0.2, 0.25) is 0 Å². The van der Waals surface area contributed by atoms with E-state index in [9.17, 15) is 25.1 Å². The Morgan fingerprint density at radius 3 is 2.00 bits per heavy atom. The van der Waals surface area contributed by atoms with Crippen LogP contribution in [0.3, 0.4) is 0 Å². The molecule has 11 nitrogen and oxygen atoms in total. The molecule has 7 unspecified atom stereocenters. The van der Waals surface area contributed by atoms with Crippen LogP contribution in [0, 0.1) is 40.9 Å². The summed E-state index contributed by atoms with van der Waals surface area (Å²) < 4.78 is 11.0. The van der Waals surface area contributed by atoms with Gasteiger partial charge in [0.1, 0.15) is 17.8 Å². The molecule has 12 heteroatoms. The number of allylic oxidation sites excluding steroid dienone is 3. The summed E-state index contributed by atoms with van der Waals surface area (Å²) in [5.41, 5.74) is -0.677. The Hall–Kier alpha value is -2.58. The van der Waals surface area contributed by atoms with Gasteiger partial charge in [-0.15, -0.1) is 0 Å². The number of aliphatic hydroxyl groups excluding tert-OH is 2. The number of nitrogens with one attached hydrogen (secondary N) is 1. The van der Waals surface area contributed by atoms with E-state index in [4.69, 9.17) is 14.6 Å². The van der Waals surface area contributed by atoms with E-state index < -0.39 is 30.1 Å². The molecule has 0 saturated carbocycles. The van der Waals surface area contributed by atoms with Crippen molar-refractivity contribution in [1.82, 2.24) is 15.1 Å². The van der Waals surface area contributed by atoms with E-state index in [2.05, 4.69) is 62.2 Å². The molecule has 2 aliphatic heterocycles. The number of amides is 2. The zero-order chi connectivity index (χ0) is 51.3. The van der Waals surface area contributed by atoms with E-state index in [0.29, 0.717) is 62.7 Å². The molecule has 2 saturated heterocycles. The average Bonchev–Trinajstić information content (AvgIpc) is 3.26. The molecule has 382 valence electrons. The van der Waals surface area contributed by atoms with Gasteiger partial charge in [-0.25, -0.2) is 4.79 Å². The predicted octanol–water partition coefficient (Wildman–Crippen LogP) is 12.2. The highest BCUT2D eigenvalue weighted by atomic mass is 31.1. The standard InChI is InChI=1S/C35H62N4O5.C7H14O2.C5H9P.3C2H6/c1-11-15-27(6)29(8)37-34(42)38(17-13-16-36)18-14-19-39-23-26(5)21-24(3)20-25(4)22-28(7)33(41)44-31(12-2)35(10,43)32(40)30(39)9;1-5-3-6(2)9-7(8)4-5;1-3-5-6-4-2;3*1-2/h11,15,24-26,28-32,40,43H,1,12-14,17-23H2,2-10H3,(H,37,42);5-8H,3-4H2,1-2H3;3-5H,1-2H3;3*1-2H3/b27-15-;;5-3-;;;/t24-,25-,26-,28?,29?,30?,31-,32?,35-;;;;;/m1...../s1. The average molecular weight is 939 g/mol. The predicted molar refractivity (Wildman–Crippen MR) is 279 cm³/mol. The topological polar surface area (TPSA) is 156 Å². The van der Waals surface area contributed by atoms with Crippen molar-refractivity contribution >= 4 is 26.0 Å². The summed E-state index contributed by atoms with van der Waals surface area (Å²) >= 11 is 0. The van der Waals surface area contributed by atoms with Crippen LogP contribution in [0.5, 0.6) is 0 Å². The van der Waals surface area contributed by atoms with Gasteiger partial charge < -0.3 is 35.0 Å². The van der Waals surface area contributed by atoms with Crippen molar-refractivity contribution in [3.63, 3.8) is 0 Å². The minimum Gasteiger partial charge on any atom is -0.459 e. The summed E-state index contributed by atoms with van der Waals surface area (Å²) in [4.78, 5) is 30.0. The lowest BCUT2D eigenvalue weighted by Gasteiger charge is -2.43. The number of carbonyl (C=O) groups excluding carboxylic acids is 2. The third-order valence-corrected chi connectivity index (χ3v) is 12.2. The number of rotatable bonds is 11. The largest absolute Gasteiger partial charge is 0.459 e. The summed E-state index contributed by atoms with van der Waals surface area (Å²) in [5.74, 6) is 5.34. The second kappa shape index (κ2) is 41.6. The van der Waals surface area contributed by atoms with Crippen LogP contribution >= 0.6 is 8.20 Å². The highest BCUT2D eigenvalue weighted by Crippen LogP contribution is 2.30. The number of urea groups is 1. The highest BCUT2D eigenvalue weighted by molar-refractivity contribution is 7.41. The summed E-state index contributed by atoms with van der Waals surface area (Å²) in [6, 6.07) is 1.30. The third-order valence-electron chi connectivity index (χ3n) is 11.4. The number of nitriles is 1. The van der Waals surface area contributed by atoms with Crippen LogP contribution < -0.4 is 5.32 Å². The molecule has 2 amide bonds.